The van der Waals surface area contributed by atoms with E-state index in [1.54, 1.807) is 7.11 Å². The van der Waals surface area contributed by atoms with Crippen LogP contribution < -0.4 is 4.74 Å². The molecule has 20 heavy (non-hydrogen) atoms. The Bertz CT molecular complexity index is 827. The molecule has 5 nitrogen and oxygen atoms in total. The molecule has 2 aromatic heterocycles. The van der Waals surface area contributed by atoms with Gasteiger partial charge >= 0.3 is 0 Å². The number of imidazole rings is 1. The van der Waals surface area contributed by atoms with E-state index in [2.05, 4.69) is 21.6 Å². The first-order valence-electron chi connectivity index (χ1n) is 6.35. The summed E-state index contributed by atoms with van der Waals surface area (Å²) < 4.78 is 9.99. The first-order valence-corrected chi connectivity index (χ1v) is 6.75. The molecule has 0 fully saturated rings. The molecule has 3 aromatic rings. The average Bonchev–Trinajstić information content (AvgIpc) is 2.93. The van der Waals surface area contributed by atoms with Crippen molar-refractivity contribution in [2.45, 2.75) is 13.5 Å². The third-order valence-electron chi connectivity index (χ3n) is 3.66. The molecule has 1 aromatic carbocycles. The molecule has 0 bridgehead atoms. The smallest absolute Gasteiger partial charge is 0.178 e. The van der Waals surface area contributed by atoms with Gasteiger partial charge in [0.05, 0.1) is 25.4 Å². The van der Waals surface area contributed by atoms with Gasteiger partial charge in [-0.3, -0.25) is 4.68 Å². The van der Waals surface area contributed by atoms with Crippen molar-refractivity contribution in [3.05, 3.63) is 40.4 Å². The number of H-pyrrole nitrogens is 1. The van der Waals surface area contributed by atoms with Crippen LogP contribution in [-0.4, -0.2) is 26.4 Å². The van der Waals surface area contributed by atoms with E-state index in [9.17, 15) is 0 Å². The van der Waals surface area contributed by atoms with Gasteiger partial charge in [0.15, 0.2) is 4.77 Å². The standard InChI is InChI=1S/C14H16N4OS/c1-9-10(7-15-17(9)2)8-18-11-5-4-6-12(19-3)13(11)16-14(18)20/h4-7H,8H2,1-3H3,(H,16,20). The first kappa shape index (κ1) is 12.9. The topological polar surface area (TPSA) is 47.8 Å². The van der Waals surface area contributed by atoms with E-state index in [1.807, 2.05) is 36.1 Å². The Balaban J connectivity index is 2.15. The summed E-state index contributed by atoms with van der Waals surface area (Å²) in [5.74, 6) is 0.801. The van der Waals surface area contributed by atoms with Crippen LogP contribution in [0.3, 0.4) is 0 Å². The Morgan fingerprint density at radius 2 is 2.20 bits per heavy atom. The van der Waals surface area contributed by atoms with Crippen LogP contribution in [0.15, 0.2) is 24.4 Å². The normalized spacial score (nSPS) is 11.2. The van der Waals surface area contributed by atoms with Gasteiger partial charge in [-0.15, -0.1) is 0 Å². The summed E-state index contributed by atoms with van der Waals surface area (Å²) in [5, 5.41) is 4.27. The fraction of sp³-hybridized carbons (Fsp3) is 0.286. The molecule has 0 spiro atoms. The van der Waals surface area contributed by atoms with E-state index in [4.69, 9.17) is 17.0 Å². The van der Waals surface area contributed by atoms with Crippen LogP contribution in [0.2, 0.25) is 0 Å². The third-order valence-corrected chi connectivity index (χ3v) is 3.98. The second-order valence-corrected chi connectivity index (χ2v) is 5.14. The predicted octanol–water partition coefficient (Wildman–Crippen LogP) is 2.80. The zero-order chi connectivity index (χ0) is 14.3. The lowest BCUT2D eigenvalue weighted by Crippen LogP contribution is -2.01. The maximum atomic E-state index is 5.43. The second kappa shape index (κ2) is 4.79. The molecule has 0 aliphatic rings. The van der Waals surface area contributed by atoms with Gasteiger partial charge in [0.25, 0.3) is 0 Å². The number of rotatable bonds is 3. The van der Waals surface area contributed by atoms with E-state index < -0.39 is 0 Å². The van der Waals surface area contributed by atoms with Crippen molar-refractivity contribution in [2.75, 3.05) is 7.11 Å². The van der Waals surface area contributed by atoms with Crippen molar-refractivity contribution in [3.63, 3.8) is 0 Å². The largest absolute Gasteiger partial charge is 0.494 e. The van der Waals surface area contributed by atoms with Crippen LogP contribution in [0.5, 0.6) is 5.75 Å². The van der Waals surface area contributed by atoms with Gasteiger partial charge in [-0.2, -0.15) is 5.10 Å². The third kappa shape index (κ3) is 1.92. The zero-order valence-corrected chi connectivity index (χ0v) is 12.5. The van der Waals surface area contributed by atoms with Crippen molar-refractivity contribution < 1.29 is 4.74 Å². The molecule has 0 aliphatic heterocycles. The number of ether oxygens (including phenoxy) is 1. The van der Waals surface area contributed by atoms with Gasteiger partial charge in [-0.1, -0.05) is 6.07 Å². The summed E-state index contributed by atoms with van der Waals surface area (Å²) in [5.41, 5.74) is 4.27. The van der Waals surface area contributed by atoms with E-state index >= 15 is 0 Å². The number of aromatic amines is 1. The van der Waals surface area contributed by atoms with Crippen LogP contribution in [-0.2, 0) is 13.6 Å². The molecular formula is C14H16N4OS. The molecule has 2 heterocycles. The van der Waals surface area contributed by atoms with E-state index in [0.29, 0.717) is 11.3 Å². The maximum Gasteiger partial charge on any atom is 0.178 e. The molecule has 3 rings (SSSR count). The Morgan fingerprint density at radius 1 is 1.40 bits per heavy atom. The van der Waals surface area contributed by atoms with Crippen LogP contribution in [0, 0.1) is 11.7 Å². The maximum absolute atomic E-state index is 5.43. The van der Waals surface area contributed by atoms with Crippen molar-refractivity contribution in [1.29, 1.82) is 0 Å². The second-order valence-electron chi connectivity index (χ2n) is 4.75. The number of hydrogen-bond donors (Lipinski definition) is 1. The molecule has 0 saturated carbocycles. The van der Waals surface area contributed by atoms with Crippen LogP contribution in [0.25, 0.3) is 11.0 Å². The van der Waals surface area contributed by atoms with Crippen LogP contribution in [0.1, 0.15) is 11.3 Å². The van der Waals surface area contributed by atoms with E-state index in [1.165, 1.54) is 0 Å². The van der Waals surface area contributed by atoms with Gasteiger partial charge in [0, 0.05) is 18.3 Å². The molecule has 0 atom stereocenters. The highest BCUT2D eigenvalue weighted by atomic mass is 32.1. The number of nitrogens with one attached hydrogen (secondary N) is 1. The molecule has 104 valence electrons. The number of fused-ring (bicyclic) bond motifs is 1. The van der Waals surface area contributed by atoms with Crippen molar-refractivity contribution in [3.8, 4) is 5.75 Å². The van der Waals surface area contributed by atoms with E-state index in [-0.39, 0.29) is 0 Å². The van der Waals surface area contributed by atoms with Crippen LogP contribution in [0.4, 0.5) is 0 Å². The fourth-order valence-electron chi connectivity index (χ4n) is 2.35. The highest BCUT2D eigenvalue weighted by molar-refractivity contribution is 7.71. The minimum absolute atomic E-state index is 0.688. The summed E-state index contributed by atoms with van der Waals surface area (Å²) in [7, 11) is 3.60. The molecule has 0 unspecified atom stereocenters. The van der Waals surface area contributed by atoms with Gasteiger partial charge in [0.1, 0.15) is 11.3 Å². The van der Waals surface area contributed by atoms with E-state index in [0.717, 1.165) is 28.0 Å². The lowest BCUT2D eigenvalue weighted by molar-refractivity contribution is 0.419. The molecule has 0 saturated heterocycles. The Morgan fingerprint density at radius 3 is 2.85 bits per heavy atom. The number of aromatic nitrogens is 4. The Hall–Kier alpha value is -2.08. The van der Waals surface area contributed by atoms with Gasteiger partial charge in [-0.05, 0) is 31.3 Å². The number of aryl methyl sites for hydroxylation is 1. The lowest BCUT2D eigenvalue weighted by Gasteiger charge is -2.05. The molecule has 0 amide bonds. The molecular weight excluding hydrogens is 272 g/mol. The quantitative estimate of drug-likeness (QED) is 0.754. The molecule has 0 aliphatic carbocycles. The monoisotopic (exact) mass is 288 g/mol. The number of nitrogens with zero attached hydrogens (tertiary/aromatic N) is 3. The van der Waals surface area contributed by atoms with Crippen molar-refractivity contribution >= 4 is 23.3 Å². The number of para-hydroxylation sites is 1. The molecule has 6 heteroatoms. The summed E-state index contributed by atoms with van der Waals surface area (Å²) in [4.78, 5) is 3.22. The van der Waals surface area contributed by atoms with Gasteiger partial charge in [-0.25, -0.2) is 0 Å². The van der Waals surface area contributed by atoms with Gasteiger partial charge < -0.3 is 14.3 Å². The molecule has 0 radical (unpaired) electrons. The zero-order valence-electron chi connectivity index (χ0n) is 11.7. The minimum atomic E-state index is 0.688. The number of methoxy groups -OCH3 is 1. The highest BCUT2D eigenvalue weighted by Gasteiger charge is 2.11. The summed E-state index contributed by atoms with van der Waals surface area (Å²) in [6.07, 6.45) is 1.89. The SMILES string of the molecule is COc1cccc2c1[nH]c(=S)n2Cc1cnn(C)c1C. The summed E-state index contributed by atoms with van der Waals surface area (Å²) in [6.45, 7) is 2.76. The minimum Gasteiger partial charge on any atom is -0.494 e. The number of benzene rings is 1. The first-order chi connectivity index (χ1) is 9.61. The van der Waals surface area contributed by atoms with Crippen molar-refractivity contribution in [2.24, 2.45) is 7.05 Å². The van der Waals surface area contributed by atoms with Gasteiger partial charge in [0.2, 0.25) is 0 Å². The molecule has 1 N–H and O–H groups in total. The summed E-state index contributed by atoms with van der Waals surface area (Å²) >= 11 is 5.43. The summed E-state index contributed by atoms with van der Waals surface area (Å²) in [6, 6.07) is 5.93. The predicted molar refractivity (Wildman–Crippen MR) is 80.7 cm³/mol. The van der Waals surface area contributed by atoms with Crippen LogP contribution >= 0.6 is 12.2 Å². The highest BCUT2D eigenvalue weighted by Crippen LogP contribution is 2.25. The lowest BCUT2D eigenvalue weighted by atomic mass is 10.2. The Kier molecular flexibility index (Phi) is 3.10. The number of hydrogen-bond acceptors (Lipinski definition) is 3. The fourth-order valence-corrected chi connectivity index (χ4v) is 2.62. The Labute approximate surface area is 121 Å². The van der Waals surface area contributed by atoms with Crippen molar-refractivity contribution in [1.82, 2.24) is 19.3 Å². The average molecular weight is 288 g/mol.